The number of anilines is 2. The van der Waals surface area contributed by atoms with Crippen molar-refractivity contribution in [3.63, 3.8) is 0 Å². The normalized spacial score (nSPS) is 16.4. The third-order valence-corrected chi connectivity index (χ3v) is 7.45. The molecule has 3 aromatic heterocycles. The lowest BCUT2D eigenvalue weighted by Gasteiger charge is -2.25. The van der Waals surface area contributed by atoms with Crippen LogP contribution in [0, 0.1) is 0 Å². The molecule has 11 heteroatoms. The fourth-order valence-corrected chi connectivity index (χ4v) is 5.07. The summed E-state index contributed by atoms with van der Waals surface area (Å²) in [5.74, 6) is 2.73. The molecule has 2 amide bonds. The van der Waals surface area contributed by atoms with Gasteiger partial charge in [0.05, 0.1) is 17.8 Å². The minimum absolute atomic E-state index is 0.0410. The minimum Gasteiger partial charge on any atom is -0.443 e. The number of nitrogens with zero attached hydrogens (tertiary/aromatic N) is 7. The molecule has 1 atom stereocenters. The lowest BCUT2D eigenvalue weighted by molar-refractivity contribution is 0.0996. The molecule has 5 rings (SSSR count). The van der Waals surface area contributed by atoms with Crippen molar-refractivity contribution in [2.24, 2.45) is 0 Å². The predicted molar refractivity (Wildman–Crippen MR) is 143 cm³/mol. The van der Waals surface area contributed by atoms with Crippen LogP contribution >= 0.6 is 0 Å². The first kappa shape index (κ1) is 25.6. The minimum atomic E-state index is -0.555. The summed E-state index contributed by atoms with van der Waals surface area (Å²) in [4.78, 5) is 38.7. The van der Waals surface area contributed by atoms with Gasteiger partial charge in [-0.2, -0.15) is 0 Å². The van der Waals surface area contributed by atoms with Crippen LogP contribution in [0.3, 0.4) is 0 Å². The second-order valence-corrected chi connectivity index (χ2v) is 10.0. The number of fused-ring (bicyclic) bond motifs is 2. The van der Waals surface area contributed by atoms with Gasteiger partial charge < -0.3 is 19.5 Å². The third-order valence-electron chi connectivity index (χ3n) is 7.45. The second kappa shape index (κ2) is 10.4. The van der Waals surface area contributed by atoms with Crippen molar-refractivity contribution >= 4 is 23.6 Å². The van der Waals surface area contributed by atoms with E-state index < -0.39 is 6.09 Å². The summed E-state index contributed by atoms with van der Waals surface area (Å²) in [6.07, 6.45) is 3.55. The predicted octanol–water partition coefficient (Wildman–Crippen LogP) is 3.88. The lowest BCUT2D eigenvalue weighted by Crippen LogP contribution is -2.27. The van der Waals surface area contributed by atoms with E-state index in [1.54, 1.807) is 4.90 Å². The molecule has 0 aliphatic carbocycles. The molecule has 2 aliphatic rings. The molecular formula is C27H34N8O3. The highest BCUT2D eigenvalue weighted by molar-refractivity contribution is 6.10. The number of hydrogen-bond donors (Lipinski definition) is 1. The zero-order chi connectivity index (χ0) is 27.0. The van der Waals surface area contributed by atoms with E-state index in [0.29, 0.717) is 34.6 Å². The fraction of sp³-hybridized carbons (Fsp3) is 0.481. The van der Waals surface area contributed by atoms with Gasteiger partial charge in [-0.1, -0.05) is 13.0 Å². The summed E-state index contributed by atoms with van der Waals surface area (Å²) in [6, 6.07) is 7.96. The summed E-state index contributed by atoms with van der Waals surface area (Å²) in [6.45, 7) is 6.51. The highest BCUT2D eigenvalue weighted by Gasteiger charge is 2.34. The Labute approximate surface area is 222 Å². The molecule has 2 aliphatic heterocycles. The molecule has 1 N–H and O–H groups in total. The number of amides is 2. The summed E-state index contributed by atoms with van der Waals surface area (Å²) < 4.78 is 7.53. The molecule has 5 heterocycles. The molecule has 0 fully saturated rings. The molecule has 38 heavy (non-hydrogen) atoms. The Hall–Kier alpha value is -4.02. The second-order valence-electron chi connectivity index (χ2n) is 10.0. The van der Waals surface area contributed by atoms with Crippen molar-refractivity contribution in [1.29, 1.82) is 0 Å². The first-order valence-corrected chi connectivity index (χ1v) is 13.2. The van der Waals surface area contributed by atoms with Gasteiger partial charge in [-0.05, 0) is 51.3 Å². The maximum absolute atomic E-state index is 13.7. The highest BCUT2D eigenvalue weighted by Crippen LogP contribution is 2.35. The van der Waals surface area contributed by atoms with Gasteiger partial charge in [0.25, 0.3) is 5.91 Å². The average molecular weight is 519 g/mol. The van der Waals surface area contributed by atoms with Crippen LogP contribution in [0.4, 0.5) is 16.4 Å². The van der Waals surface area contributed by atoms with E-state index in [4.69, 9.17) is 14.7 Å². The van der Waals surface area contributed by atoms with Crippen LogP contribution in [0.1, 0.15) is 73.5 Å². The summed E-state index contributed by atoms with van der Waals surface area (Å²) >= 11 is 0. The molecule has 0 saturated carbocycles. The van der Waals surface area contributed by atoms with Crippen LogP contribution in [0.5, 0.6) is 0 Å². The Morgan fingerprint density at radius 3 is 2.82 bits per heavy atom. The summed E-state index contributed by atoms with van der Waals surface area (Å²) in [7, 11) is 3.43. The Kier molecular flexibility index (Phi) is 7.00. The van der Waals surface area contributed by atoms with E-state index in [0.717, 1.165) is 42.9 Å². The molecule has 200 valence electrons. The maximum Gasteiger partial charge on any atom is 0.407 e. The molecule has 0 radical (unpaired) electrons. The van der Waals surface area contributed by atoms with Crippen LogP contribution in [0.25, 0.3) is 11.5 Å². The molecular weight excluding hydrogens is 484 g/mol. The van der Waals surface area contributed by atoms with Gasteiger partial charge in [-0.3, -0.25) is 9.69 Å². The number of carbonyl (C=O) groups is 2. The van der Waals surface area contributed by atoms with Crippen LogP contribution in [0.15, 0.2) is 24.3 Å². The number of nitrogens with one attached hydrogen (secondary N) is 1. The van der Waals surface area contributed by atoms with E-state index in [-0.39, 0.29) is 25.1 Å². The standard InChI is InChI=1S/C27H34N8O3/c1-6-17-9-7-12-23-31-32-25(35(17)23)20-10-8-11-22(29-20)34-14-19-18(26(34)36)13-24(33(5)16(2)3)30-21(19)15-38-27(37)28-4/h8,10-11,13,16-17H,6-7,9,12,14-15H2,1-5H3,(H,28,37). The van der Waals surface area contributed by atoms with Gasteiger partial charge >= 0.3 is 6.09 Å². The Balaban J connectivity index is 1.50. The Bertz CT molecular complexity index is 1370. The fourth-order valence-electron chi connectivity index (χ4n) is 5.07. The molecule has 3 aromatic rings. The topological polar surface area (TPSA) is 118 Å². The van der Waals surface area contributed by atoms with E-state index in [1.165, 1.54) is 7.05 Å². The van der Waals surface area contributed by atoms with Crippen molar-refractivity contribution in [3.8, 4) is 11.5 Å². The van der Waals surface area contributed by atoms with Gasteiger partial charge in [0, 0.05) is 38.2 Å². The van der Waals surface area contributed by atoms with E-state index in [9.17, 15) is 9.59 Å². The van der Waals surface area contributed by atoms with Crippen molar-refractivity contribution in [3.05, 3.63) is 46.9 Å². The van der Waals surface area contributed by atoms with Crippen molar-refractivity contribution in [1.82, 2.24) is 30.0 Å². The molecule has 0 saturated heterocycles. The molecule has 0 aromatic carbocycles. The summed E-state index contributed by atoms with van der Waals surface area (Å²) in [5.41, 5.74) is 2.51. The summed E-state index contributed by atoms with van der Waals surface area (Å²) in [5, 5.41) is 11.4. The van der Waals surface area contributed by atoms with Crippen LogP contribution in [-0.2, 0) is 24.3 Å². The van der Waals surface area contributed by atoms with Crippen molar-refractivity contribution in [2.45, 2.75) is 71.7 Å². The first-order chi connectivity index (χ1) is 18.3. The van der Waals surface area contributed by atoms with Gasteiger partial charge in [0.15, 0.2) is 5.82 Å². The maximum atomic E-state index is 13.7. The third kappa shape index (κ3) is 4.57. The molecule has 0 spiro atoms. The monoisotopic (exact) mass is 518 g/mol. The van der Waals surface area contributed by atoms with Gasteiger partial charge in [0.1, 0.15) is 29.8 Å². The SMILES string of the molecule is CCC1CCCc2nnc(-c3cccc(N4Cc5c(cc(N(C)C(C)C)nc5COC(=O)NC)C4=O)n3)n21. The number of rotatable bonds is 7. The zero-order valence-corrected chi connectivity index (χ0v) is 22.6. The number of aromatic nitrogens is 5. The number of ether oxygens (including phenoxy) is 1. The van der Waals surface area contributed by atoms with E-state index >= 15 is 0 Å². The highest BCUT2D eigenvalue weighted by atomic mass is 16.5. The smallest absolute Gasteiger partial charge is 0.407 e. The van der Waals surface area contributed by atoms with Crippen molar-refractivity contribution < 1.29 is 14.3 Å². The number of alkyl carbamates (subject to hydrolysis) is 1. The number of pyridine rings is 2. The lowest BCUT2D eigenvalue weighted by atomic mass is 10.0. The largest absolute Gasteiger partial charge is 0.443 e. The first-order valence-electron chi connectivity index (χ1n) is 13.2. The number of hydrogen-bond acceptors (Lipinski definition) is 8. The molecule has 0 bridgehead atoms. The number of aryl methyl sites for hydroxylation is 1. The van der Waals surface area contributed by atoms with E-state index in [1.807, 2.05) is 50.1 Å². The van der Waals surface area contributed by atoms with Crippen LogP contribution in [-0.4, -0.2) is 56.9 Å². The van der Waals surface area contributed by atoms with Crippen LogP contribution < -0.4 is 15.1 Å². The van der Waals surface area contributed by atoms with Gasteiger partial charge in [0.2, 0.25) is 0 Å². The number of carbonyl (C=O) groups excluding carboxylic acids is 2. The molecule has 1 unspecified atom stereocenters. The quantitative estimate of drug-likeness (QED) is 0.501. The zero-order valence-electron chi connectivity index (χ0n) is 22.6. The molecule has 11 nitrogen and oxygen atoms in total. The van der Waals surface area contributed by atoms with Crippen LogP contribution in [0.2, 0.25) is 0 Å². The van der Waals surface area contributed by atoms with Gasteiger partial charge in [-0.25, -0.2) is 14.8 Å². The van der Waals surface area contributed by atoms with Crippen molar-refractivity contribution in [2.75, 3.05) is 23.9 Å². The Morgan fingerprint density at radius 2 is 2.08 bits per heavy atom. The average Bonchev–Trinajstić information content (AvgIpc) is 3.52. The Morgan fingerprint density at radius 1 is 1.26 bits per heavy atom. The van der Waals surface area contributed by atoms with Gasteiger partial charge in [-0.15, -0.1) is 10.2 Å². The van der Waals surface area contributed by atoms with E-state index in [2.05, 4.69) is 27.0 Å².